The van der Waals surface area contributed by atoms with Gasteiger partial charge < -0.3 is 5.73 Å². The van der Waals surface area contributed by atoms with E-state index in [1.54, 1.807) is 0 Å². The number of Topliss-reactive ketones (excluding diaryl/α,β-unsaturated/α-hetero) is 1. The van der Waals surface area contributed by atoms with E-state index in [-0.39, 0.29) is 6.04 Å². The van der Waals surface area contributed by atoms with Gasteiger partial charge in [-0.1, -0.05) is 20.3 Å². The van der Waals surface area contributed by atoms with Crippen molar-refractivity contribution in [3.8, 4) is 0 Å². The van der Waals surface area contributed by atoms with Gasteiger partial charge in [0.25, 0.3) is 0 Å². The summed E-state index contributed by atoms with van der Waals surface area (Å²) in [4.78, 5) is 11.4. The Morgan fingerprint density at radius 1 is 1.64 bits per heavy atom. The minimum atomic E-state index is -0.201. The van der Waals surface area contributed by atoms with Gasteiger partial charge in [0.15, 0.2) is 5.78 Å². The lowest BCUT2D eigenvalue weighted by Gasteiger charge is -2.16. The number of ketones is 1. The summed E-state index contributed by atoms with van der Waals surface area (Å²) >= 11 is 0. The van der Waals surface area contributed by atoms with E-state index in [1.165, 1.54) is 0 Å². The van der Waals surface area contributed by atoms with Gasteiger partial charge in [0.2, 0.25) is 0 Å². The smallest absolute Gasteiger partial charge is 0.152 e. The molecular formula is C9H17NO. The first kappa shape index (κ1) is 8.72. The summed E-state index contributed by atoms with van der Waals surface area (Å²) in [6.07, 6.45) is 3.14. The fraction of sp³-hybridized carbons (Fsp3) is 0.889. The number of hydrogen-bond donors (Lipinski definition) is 1. The van der Waals surface area contributed by atoms with E-state index in [2.05, 4.69) is 6.92 Å². The normalized spacial score (nSPS) is 22.8. The molecule has 2 nitrogen and oxygen atoms in total. The van der Waals surface area contributed by atoms with E-state index in [1.807, 2.05) is 6.92 Å². The number of carbonyl (C=O) groups is 1. The second-order valence-electron chi connectivity index (χ2n) is 3.59. The summed E-state index contributed by atoms with van der Waals surface area (Å²) in [5.74, 6) is 0.960. The minimum Gasteiger partial charge on any atom is -0.321 e. The van der Waals surface area contributed by atoms with Crippen molar-refractivity contribution in [1.29, 1.82) is 0 Å². The maximum atomic E-state index is 11.4. The summed E-state index contributed by atoms with van der Waals surface area (Å²) in [7, 11) is 0. The van der Waals surface area contributed by atoms with Gasteiger partial charge in [-0.3, -0.25) is 4.79 Å². The van der Waals surface area contributed by atoms with Crippen molar-refractivity contribution in [2.24, 2.45) is 17.6 Å². The molecule has 1 rings (SSSR count). The summed E-state index contributed by atoms with van der Waals surface area (Å²) in [6.45, 7) is 4.12. The van der Waals surface area contributed by atoms with Crippen LogP contribution in [0.5, 0.6) is 0 Å². The van der Waals surface area contributed by atoms with Gasteiger partial charge in [0, 0.05) is 5.92 Å². The predicted octanol–water partition coefficient (Wildman–Crippen LogP) is 1.34. The molecule has 0 aromatic rings. The van der Waals surface area contributed by atoms with Gasteiger partial charge in [-0.25, -0.2) is 0 Å². The molecule has 0 spiro atoms. The highest BCUT2D eigenvalue weighted by atomic mass is 16.1. The van der Waals surface area contributed by atoms with Crippen molar-refractivity contribution < 1.29 is 4.79 Å². The summed E-state index contributed by atoms with van der Waals surface area (Å²) in [5, 5.41) is 0. The third-order valence-corrected chi connectivity index (χ3v) is 2.57. The lowest BCUT2D eigenvalue weighted by Crippen LogP contribution is -2.37. The van der Waals surface area contributed by atoms with Gasteiger partial charge in [-0.05, 0) is 18.8 Å². The number of hydrogen-bond acceptors (Lipinski definition) is 2. The molecule has 0 radical (unpaired) electrons. The Labute approximate surface area is 68.2 Å². The molecule has 0 saturated heterocycles. The molecule has 2 heteroatoms. The zero-order valence-corrected chi connectivity index (χ0v) is 7.34. The molecule has 2 N–H and O–H groups in total. The third kappa shape index (κ3) is 2.03. The van der Waals surface area contributed by atoms with Crippen LogP contribution in [0.15, 0.2) is 0 Å². The van der Waals surface area contributed by atoms with Crippen molar-refractivity contribution in [3.05, 3.63) is 0 Å². The third-order valence-electron chi connectivity index (χ3n) is 2.57. The quantitative estimate of drug-likeness (QED) is 0.665. The molecule has 0 aromatic heterocycles. The molecule has 0 amide bonds. The molecule has 0 aliphatic heterocycles. The fourth-order valence-electron chi connectivity index (χ4n) is 1.17. The Balaban J connectivity index is 2.38. The molecular weight excluding hydrogens is 138 g/mol. The molecule has 1 aliphatic rings. The van der Waals surface area contributed by atoms with Crippen LogP contribution in [0.1, 0.15) is 33.1 Å². The average molecular weight is 155 g/mol. The predicted molar refractivity (Wildman–Crippen MR) is 45.2 cm³/mol. The number of carbonyl (C=O) groups excluding carboxylic acids is 1. The maximum Gasteiger partial charge on any atom is 0.152 e. The van der Waals surface area contributed by atoms with Gasteiger partial charge >= 0.3 is 0 Å². The SMILES string of the molecule is CCC(C)[C@H](N)C(=O)C1CC1. The monoisotopic (exact) mass is 155 g/mol. The first-order chi connectivity index (χ1) is 5.16. The molecule has 0 aromatic carbocycles. The molecule has 11 heavy (non-hydrogen) atoms. The molecule has 0 heterocycles. The second kappa shape index (κ2) is 3.35. The van der Waals surface area contributed by atoms with Crippen LogP contribution in [-0.2, 0) is 4.79 Å². The lowest BCUT2D eigenvalue weighted by molar-refractivity contribution is -0.122. The zero-order chi connectivity index (χ0) is 8.43. The molecule has 64 valence electrons. The van der Waals surface area contributed by atoms with E-state index in [9.17, 15) is 4.79 Å². The van der Waals surface area contributed by atoms with Crippen LogP contribution >= 0.6 is 0 Å². The standard InChI is InChI=1S/C9H17NO/c1-3-6(2)8(10)9(11)7-4-5-7/h6-8H,3-5,10H2,1-2H3/t6?,8-/m0/s1. The van der Waals surface area contributed by atoms with E-state index in [0.717, 1.165) is 19.3 Å². The molecule has 1 fully saturated rings. The Morgan fingerprint density at radius 3 is 2.55 bits per heavy atom. The van der Waals surface area contributed by atoms with Gasteiger partial charge in [0.05, 0.1) is 6.04 Å². The molecule has 0 bridgehead atoms. The van der Waals surface area contributed by atoms with Crippen LogP contribution in [0, 0.1) is 11.8 Å². The fourth-order valence-corrected chi connectivity index (χ4v) is 1.17. The maximum absolute atomic E-state index is 11.4. The van der Waals surface area contributed by atoms with Crippen LogP contribution in [0.4, 0.5) is 0 Å². The summed E-state index contributed by atoms with van der Waals surface area (Å²) < 4.78 is 0. The highest BCUT2D eigenvalue weighted by molar-refractivity contribution is 5.88. The topological polar surface area (TPSA) is 43.1 Å². The van der Waals surface area contributed by atoms with Crippen LogP contribution in [0.3, 0.4) is 0 Å². The Hall–Kier alpha value is -0.370. The largest absolute Gasteiger partial charge is 0.321 e. The van der Waals surface area contributed by atoms with Crippen LogP contribution in [0.2, 0.25) is 0 Å². The number of rotatable bonds is 4. The molecule has 1 saturated carbocycles. The molecule has 2 atom stereocenters. The Morgan fingerprint density at radius 2 is 2.18 bits per heavy atom. The van der Waals surface area contributed by atoms with E-state index < -0.39 is 0 Å². The van der Waals surface area contributed by atoms with Crippen LogP contribution in [-0.4, -0.2) is 11.8 Å². The molecule has 1 unspecified atom stereocenters. The number of nitrogens with two attached hydrogens (primary N) is 1. The van der Waals surface area contributed by atoms with Crippen molar-refractivity contribution in [3.63, 3.8) is 0 Å². The van der Waals surface area contributed by atoms with Gasteiger partial charge in [0.1, 0.15) is 0 Å². The first-order valence-electron chi connectivity index (χ1n) is 4.46. The van der Waals surface area contributed by atoms with Crippen LogP contribution < -0.4 is 5.73 Å². The first-order valence-corrected chi connectivity index (χ1v) is 4.46. The summed E-state index contributed by atoms with van der Waals surface area (Å²) in [6, 6.07) is -0.201. The molecule has 1 aliphatic carbocycles. The van der Waals surface area contributed by atoms with Crippen LogP contribution in [0.25, 0.3) is 0 Å². The highest BCUT2D eigenvalue weighted by Gasteiger charge is 2.34. The lowest BCUT2D eigenvalue weighted by atomic mass is 9.94. The van der Waals surface area contributed by atoms with E-state index in [4.69, 9.17) is 5.73 Å². The van der Waals surface area contributed by atoms with Crippen molar-refractivity contribution >= 4 is 5.78 Å². The minimum absolute atomic E-state index is 0.201. The van der Waals surface area contributed by atoms with Crippen molar-refractivity contribution in [2.75, 3.05) is 0 Å². The Kier molecular flexibility index (Phi) is 2.66. The van der Waals surface area contributed by atoms with Crippen molar-refractivity contribution in [2.45, 2.75) is 39.2 Å². The highest BCUT2D eigenvalue weighted by Crippen LogP contribution is 2.31. The van der Waals surface area contributed by atoms with E-state index >= 15 is 0 Å². The Bertz CT molecular complexity index is 152. The van der Waals surface area contributed by atoms with Crippen molar-refractivity contribution in [1.82, 2.24) is 0 Å². The average Bonchev–Trinajstić information content (AvgIpc) is 2.82. The van der Waals surface area contributed by atoms with E-state index in [0.29, 0.717) is 17.6 Å². The summed E-state index contributed by atoms with van der Waals surface area (Å²) in [5.41, 5.74) is 5.76. The second-order valence-corrected chi connectivity index (χ2v) is 3.59. The van der Waals surface area contributed by atoms with Gasteiger partial charge in [-0.2, -0.15) is 0 Å². The van der Waals surface area contributed by atoms with Gasteiger partial charge in [-0.15, -0.1) is 0 Å². The zero-order valence-electron chi connectivity index (χ0n) is 7.34.